The summed E-state index contributed by atoms with van der Waals surface area (Å²) in [5, 5.41) is 0. The maximum absolute atomic E-state index is 14.3. The van der Waals surface area contributed by atoms with Gasteiger partial charge in [0, 0.05) is 35.7 Å². The van der Waals surface area contributed by atoms with E-state index in [0.717, 1.165) is 57.8 Å². The van der Waals surface area contributed by atoms with Gasteiger partial charge in [-0.05, 0) is 46.4 Å². The summed E-state index contributed by atoms with van der Waals surface area (Å²) < 4.78 is 11.9. The molecule has 0 N–H and O–H groups in total. The Labute approximate surface area is 228 Å². The molecule has 1 atom stereocenters. The Kier molecular flexibility index (Phi) is 5.55. The lowest BCUT2D eigenvalue weighted by Crippen LogP contribution is -2.42. The van der Waals surface area contributed by atoms with Crippen LogP contribution < -0.4 is 14.4 Å². The zero-order valence-electron chi connectivity index (χ0n) is 21.9. The van der Waals surface area contributed by atoms with Crippen LogP contribution in [0, 0.1) is 0 Å². The second kappa shape index (κ2) is 9.12. The summed E-state index contributed by atoms with van der Waals surface area (Å²) in [6.45, 7) is 3.47. The Morgan fingerprint density at radius 3 is 2.46 bits per heavy atom. The topological polar surface area (TPSA) is 55.8 Å². The van der Waals surface area contributed by atoms with E-state index in [1.54, 1.807) is 0 Å². The van der Waals surface area contributed by atoms with E-state index in [9.17, 15) is 9.59 Å². The Morgan fingerprint density at radius 2 is 1.64 bits per heavy atom. The molecule has 3 heterocycles. The van der Waals surface area contributed by atoms with Gasteiger partial charge in [-0.1, -0.05) is 73.7 Å². The van der Waals surface area contributed by atoms with Gasteiger partial charge in [-0.3, -0.25) is 9.59 Å². The highest BCUT2D eigenvalue weighted by Crippen LogP contribution is 2.54. The first-order chi connectivity index (χ1) is 19.1. The van der Waals surface area contributed by atoms with Crippen LogP contribution in [0.15, 0.2) is 84.9 Å². The molecule has 3 aliphatic rings. The molecule has 0 radical (unpaired) electrons. The zero-order chi connectivity index (χ0) is 26.6. The number of aryl methyl sites for hydroxylation is 1. The summed E-state index contributed by atoms with van der Waals surface area (Å²) in [6.07, 6.45) is 2.13. The molecule has 3 aliphatic heterocycles. The van der Waals surface area contributed by atoms with Gasteiger partial charge >= 0.3 is 0 Å². The van der Waals surface area contributed by atoms with E-state index in [0.29, 0.717) is 25.1 Å². The van der Waals surface area contributed by atoms with Crippen molar-refractivity contribution in [1.29, 1.82) is 0 Å². The summed E-state index contributed by atoms with van der Waals surface area (Å²) in [6, 6.07) is 27.9. The van der Waals surface area contributed by atoms with E-state index in [4.69, 9.17) is 9.47 Å². The van der Waals surface area contributed by atoms with Gasteiger partial charge in [-0.2, -0.15) is 0 Å². The number of fused-ring (bicyclic) bond motifs is 5. The van der Waals surface area contributed by atoms with Gasteiger partial charge in [0.05, 0.1) is 13.2 Å². The predicted octanol–water partition coefficient (Wildman–Crippen LogP) is 5.83. The molecule has 5 nitrogen and oxygen atoms in total. The Balaban J connectivity index is 1.17. The lowest BCUT2D eigenvalue weighted by molar-refractivity contribution is -0.122. The molecule has 7 rings (SSSR count). The van der Waals surface area contributed by atoms with E-state index in [1.807, 2.05) is 77.7 Å². The number of benzene rings is 4. The number of hydrogen-bond donors (Lipinski definition) is 0. The molecule has 0 aliphatic carbocycles. The molecule has 1 spiro atoms. The maximum Gasteiger partial charge on any atom is 0.246 e. The first kappa shape index (κ1) is 23.7. The van der Waals surface area contributed by atoms with Crippen LogP contribution in [0.3, 0.4) is 0 Å². The first-order valence-corrected chi connectivity index (χ1v) is 13.6. The number of para-hydroxylation sites is 1. The highest BCUT2D eigenvalue weighted by Gasteiger charge is 2.57. The highest BCUT2D eigenvalue weighted by atomic mass is 16.5. The van der Waals surface area contributed by atoms with E-state index in [-0.39, 0.29) is 18.3 Å². The summed E-state index contributed by atoms with van der Waals surface area (Å²) in [5.74, 6) is 1.71. The van der Waals surface area contributed by atoms with Crippen LogP contribution >= 0.6 is 0 Å². The molecule has 0 saturated heterocycles. The zero-order valence-corrected chi connectivity index (χ0v) is 21.9. The lowest BCUT2D eigenvalue weighted by atomic mass is 9.76. The molecule has 0 aromatic heterocycles. The van der Waals surface area contributed by atoms with Gasteiger partial charge in [0.15, 0.2) is 5.78 Å². The summed E-state index contributed by atoms with van der Waals surface area (Å²) in [5.41, 5.74) is 7.04. The minimum Gasteiger partial charge on any atom is -0.493 e. The fourth-order valence-corrected chi connectivity index (χ4v) is 6.33. The molecule has 0 fully saturated rings. The van der Waals surface area contributed by atoms with Gasteiger partial charge in [0.1, 0.15) is 23.5 Å². The van der Waals surface area contributed by atoms with Crippen molar-refractivity contribution >= 4 is 17.4 Å². The maximum atomic E-state index is 14.3. The smallest absolute Gasteiger partial charge is 0.246 e. The minimum absolute atomic E-state index is 0.0256. The molecule has 1 amide bonds. The van der Waals surface area contributed by atoms with Crippen molar-refractivity contribution in [3.05, 3.63) is 124 Å². The Bertz CT molecular complexity index is 1620. The third kappa shape index (κ3) is 3.68. The molecular formula is C34H29NO4. The van der Waals surface area contributed by atoms with Crippen molar-refractivity contribution in [3.63, 3.8) is 0 Å². The Hall–Kier alpha value is -4.38. The largest absolute Gasteiger partial charge is 0.493 e. The van der Waals surface area contributed by atoms with Crippen molar-refractivity contribution in [1.82, 2.24) is 0 Å². The molecule has 1 unspecified atom stereocenters. The van der Waals surface area contributed by atoms with E-state index >= 15 is 0 Å². The van der Waals surface area contributed by atoms with Gasteiger partial charge in [-0.25, -0.2) is 0 Å². The van der Waals surface area contributed by atoms with Gasteiger partial charge in [-0.15, -0.1) is 0 Å². The van der Waals surface area contributed by atoms with Crippen LogP contribution in [0.2, 0.25) is 0 Å². The molecule has 5 heteroatoms. The SMILES string of the molecule is CCc1ccccc1CC(=O)c1ccc(CN2C(=O)C3(COc4cc5c(cc43)CCO5)c3ccccc32)cc1. The van der Waals surface area contributed by atoms with Crippen LogP contribution in [0.1, 0.15) is 50.7 Å². The average molecular weight is 516 g/mol. The predicted molar refractivity (Wildman–Crippen MR) is 150 cm³/mol. The normalized spacial score (nSPS) is 18.5. The molecule has 0 saturated carbocycles. The molecule has 194 valence electrons. The van der Waals surface area contributed by atoms with Crippen molar-refractivity contribution in [2.24, 2.45) is 0 Å². The van der Waals surface area contributed by atoms with Crippen molar-refractivity contribution in [3.8, 4) is 11.5 Å². The summed E-state index contributed by atoms with van der Waals surface area (Å²) in [7, 11) is 0. The molecule has 39 heavy (non-hydrogen) atoms. The number of amides is 1. The number of ether oxygens (including phenoxy) is 2. The van der Waals surface area contributed by atoms with Crippen LogP contribution in [0.25, 0.3) is 0 Å². The van der Waals surface area contributed by atoms with Crippen LogP contribution in [0.4, 0.5) is 5.69 Å². The minimum atomic E-state index is -0.855. The number of hydrogen-bond acceptors (Lipinski definition) is 4. The number of nitrogens with zero attached hydrogens (tertiary/aromatic N) is 1. The number of rotatable bonds is 6. The van der Waals surface area contributed by atoms with Gasteiger partial charge in [0.25, 0.3) is 0 Å². The fraction of sp³-hybridized carbons (Fsp3) is 0.235. The van der Waals surface area contributed by atoms with Crippen LogP contribution in [-0.4, -0.2) is 24.9 Å². The summed E-state index contributed by atoms with van der Waals surface area (Å²) in [4.78, 5) is 29.2. The van der Waals surface area contributed by atoms with E-state index in [1.165, 1.54) is 5.56 Å². The molecular weight excluding hydrogens is 486 g/mol. The van der Waals surface area contributed by atoms with Gasteiger partial charge < -0.3 is 14.4 Å². The Morgan fingerprint density at radius 1 is 0.872 bits per heavy atom. The molecule has 0 bridgehead atoms. The molecule has 4 aromatic carbocycles. The van der Waals surface area contributed by atoms with Crippen LogP contribution in [-0.2, 0) is 36.0 Å². The summed E-state index contributed by atoms with van der Waals surface area (Å²) >= 11 is 0. The quantitative estimate of drug-likeness (QED) is 0.303. The number of ketones is 1. The number of carbonyl (C=O) groups excluding carboxylic acids is 2. The van der Waals surface area contributed by atoms with Crippen molar-refractivity contribution in [2.75, 3.05) is 18.1 Å². The number of anilines is 1. The van der Waals surface area contributed by atoms with Crippen molar-refractivity contribution in [2.45, 2.75) is 38.1 Å². The van der Waals surface area contributed by atoms with Gasteiger partial charge in [0.2, 0.25) is 5.91 Å². The van der Waals surface area contributed by atoms with E-state index in [2.05, 4.69) is 19.1 Å². The fourth-order valence-electron chi connectivity index (χ4n) is 6.33. The van der Waals surface area contributed by atoms with Crippen molar-refractivity contribution < 1.29 is 19.1 Å². The standard InChI is InChI=1S/C34H29NO4/c1-2-23-7-3-4-8-25(23)18-30(36)24-13-11-22(12-14-24)20-35-29-10-6-5-9-27(29)34(33(35)37)21-39-32-19-31-26(15-16-38-31)17-28(32)34/h3-14,17,19H,2,15-16,18,20-21H2,1H3. The first-order valence-electron chi connectivity index (χ1n) is 13.6. The average Bonchev–Trinajstić information content (AvgIpc) is 3.65. The third-order valence-electron chi connectivity index (χ3n) is 8.43. The number of carbonyl (C=O) groups is 2. The number of Topliss-reactive ketones (excluding diaryl/α,β-unsaturated/α-hetero) is 1. The molecule has 4 aromatic rings. The second-order valence-electron chi connectivity index (χ2n) is 10.6. The highest BCUT2D eigenvalue weighted by molar-refractivity contribution is 6.11. The lowest BCUT2D eigenvalue weighted by Gasteiger charge is -2.23. The second-order valence-corrected chi connectivity index (χ2v) is 10.6. The van der Waals surface area contributed by atoms with E-state index < -0.39 is 5.41 Å². The third-order valence-corrected chi connectivity index (χ3v) is 8.43. The van der Waals surface area contributed by atoms with Crippen LogP contribution in [0.5, 0.6) is 11.5 Å². The monoisotopic (exact) mass is 515 g/mol.